The van der Waals surface area contributed by atoms with Gasteiger partial charge in [-0.1, -0.05) is 29.3 Å². The Morgan fingerprint density at radius 3 is 2.27 bits per heavy atom. The minimum Gasteiger partial charge on any atom is -0.359 e. The van der Waals surface area contributed by atoms with Gasteiger partial charge in [0.2, 0.25) is 0 Å². The highest BCUT2D eigenvalue weighted by Crippen LogP contribution is 2.53. The monoisotopic (exact) mass is 354 g/mol. The van der Waals surface area contributed by atoms with Crippen molar-refractivity contribution in [3.8, 4) is 0 Å². The molecule has 1 aromatic carbocycles. The van der Waals surface area contributed by atoms with Gasteiger partial charge in [0.15, 0.2) is 5.11 Å². The highest BCUT2D eigenvalue weighted by molar-refractivity contribution is 7.80. The molecule has 0 amide bonds. The Morgan fingerprint density at radius 1 is 1.00 bits per heavy atom. The first kappa shape index (κ1) is 15.0. The van der Waals surface area contributed by atoms with Crippen molar-refractivity contribution < 1.29 is 0 Å². The fourth-order valence-corrected chi connectivity index (χ4v) is 5.66. The fraction of sp³-hybridized carbons (Fsp3) is 0.588. The molecule has 22 heavy (non-hydrogen) atoms. The molecule has 0 heterocycles. The van der Waals surface area contributed by atoms with E-state index < -0.39 is 0 Å². The van der Waals surface area contributed by atoms with Crippen molar-refractivity contribution in [3.05, 3.63) is 28.2 Å². The maximum absolute atomic E-state index is 6.22. The third-order valence-electron chi connectivity index (χ3n) is 5.72. The molecular weight excluding hydrogens is 335 g/mol. The van der Waals surface area contributed by atoms with E-state index in [4.69, 9.17) is 35.4 Å². The Kier molecular flexibility index (Phi) is 4.00. The summed E-state index contributed by atoms with van der Waals surface area (Å²) in [7, 11) is 0. The van der Waals surface area contributed by atoms with Gasteiger partial charge in [-0.15, -0.1) is 0 Å². The topological polar surface area (TPSA) is 24.1 Å². The summed E-state index contributed by atoms with van der Waals surface area (Å²) in [4.78, 5) is 0. The van der Waals surface area contributed by atoms with Gasteiger partial charge in [-0.3, -0.25) is 0 Å². The van der Waals surface area contributed by atoms with Gasteiger partial charge in [0.25, 0.3) is 0 Å². The lowest BCUT2D eigenvalue weighted by Gasteiger charge is -2.54. The minimum atomic E-state index is 0.526. The molecule has 2 nitrogen and oxygen atoms in total. The Bertz CT molecular complexity index is 576. The molecule has 2 N–H and O–H groups in total. The van der Waals surface area contributed by atoms with E-state index in [2.05, 4.69) is 10.6 Å². The zero-order valence-corrected chi connectivity index (χ0v) is 14.6. The number of halogens is 2. The SMILES string of the molecule is S=C(Nc1cccc(Cl)c1Cl)NC1C2CC3CC(C2)CC1C3. The molecule has 5 heteroatoms. The number of nitrogens with one attached hydrogen (secondary N) is 2. The summed E-state index contributed by atoms with van der Waals surface area (Å²) < 4.78 is 0. The molecule has 0 radical (unpaired) electrons. The van der Waals surface area contributed by atoms with Crippen molar-refractivity contribution in [1.29, 1.82) is 0 Å². The average molecular weight is 355 g/mol. The van der Waals surface area contributed by atoms with Crippen LogP contribution < -0.4 is 10.6 Å². The normalized spacial score (nSPS) is 35.5. The van der Waals surface area contributed by atoms with Crippen molar-refractivity contribution in [2.24, 2.45) is 23.7 Å². The van der Waals surface area contributed by atoms with Gasteiger partial charge in [-0.25, -0.2) is 0 Å². The highest BCUT2D eigenvalue weighted by atomic mass is 35.5. The standard InChI is InChI=1S/C17H20Cl2N2S/c18-13-2-1-3-14(15(13)19)20-17(22)21-16-11-5-9-4-10(7-11)8-12(16)6-9/h1-3,9-12,16H,4-8H2,(H2,20,21,22). The molecule has 4 aliphatic rings. The van der Waals surface area contributed by atoms with Crippen LogP contribution in [-0.4, -0.2) is 11.2 Å². The maximum Gasteiger partial charge on any atom is 0.171 e. The summed E-state index contributed by atoms with van der Waals surface area (Å²) in [5, 5.41) is 8.53. The zero-order valence-electron chi connectivity index (χ0n) is 12.3. The van der Waals surface area contributed by atoms with Crippen molar-refractivity contribution in [3.63, 3.8) is 0 Å². The number of anilines is 1. The van der Waals surface area contributed by atoms with Crippen LogP contribution in [0.5, 0.6) is 0 Å². The fourth-order valence-electron chi connectivity index (χ4n) is 5.07. The maximum atomic E-state index is 6.22. The Labute approximate surface area is 146 Å². The van der Waals surface area contributed by atoms with Crippen molar-refractivity contribution in [2.75, 3.05) is 5.32 Å². The van der Waals surface area contributed by atoms with Crippen molar-refractivity contribution >= 4 is 46.2 Å². The zero-order chi connectivity index (χ0) is 15.3. The second-order valence-corrected chi connectivity index (χ2v) is 8.35. The summed E-state index contributed by atoms with van der Waals surface area (Å²) in [5.41, 5.74) is 0.774. The molecular formula is C17H20Cl2N2S. The average Bonchev–Trinajstić information content (AvgIpc) is 2.47. The second-order valence-electron chi connectivity index (χ2n) is 7.16. The van der Waals surface area contributed by atoms with E-state index >= 15 is 0 Å². The molecule has 118 valence electrons. The van der Waals surface area contributed by atoms with E-state index in [0.29, 0.717) is 21.2 Å². The van der Waals surface area contributed by atoms with Gasteiger partial charge in [-0.2, -0.15) is 0 Å². The smallest absolute Gasteiger partial charge is 0.171 e. The number of hydrogen-bond acceptors (Lipinski definition) is 1. The van der Waals surface area contributed by atoms with E-state index in [1.54, 1.807) is 6.07 Å². The van der Waals surface area contributed by atoms with Crippen LogP contribution in [0.2, 0.25) is 10.0 Å². The molecule has 0 spiro atoms. The Morgan fingerprint density at radius 2 is 1.64 bits per heavy atom. The molecule has 1 aromatic rings. The molecule has 4 saturated carbocycles. The summed E-state index contributed by atoms with van der Waals surface area (Å²) in [5.74, 6) is 3.55. The Balaban J connectivity index is 1.43. The number of thiocarbonyl (C=S) groups is 1. The summed E-state index contributed by atoms with van der Waals surface area (Å²) in [6.07, 6.45) is 6.99. The minimum absolute atomic E-state index is 0.526. The molecule has 5 rings (SSSR count). The molecule has 0 atom stereocenters. The molecule has 0 aliphatic heterocycles. The first-order valence-electron chi connectivity index (χ1n) is 8.11. The third-order valence-corrected chi connectivity index (χ3v) is 6.76. The predicted octanol–water partition coefficient (Wildman–Crippen LogP) is 5.10. The number of hydrogen-bond donors (Lipinski definition) is 2. The van der Waals surface area contributed by atoms with Crippen LogP contribution in [0.15, 0.2) is 18.2 Å². The van der Waals surface area contributed by atoms with Crippen LogP contribution in [-0.2, 0) is 0 Å². The van der Waals surface area contributed by atoms with Crippen LogP contribution in [0.25, 0.3) is 0 Å². The van der Waals surface area contributed by atoms with Crippen LogP contribution in [0.3, 0.4) is 0 Å². The van der Waals surface area contributed by atoms with Gasteiger partial charge in [0, 0.05) is 6.04 Å². The second kappa shape index (κ2) is 5.85. The summed E-state index contributed by atoms with van der Waals surface area (Å²) in [6, 6.07) is 6.09. The van der Waals surface area contributed by atoms with Gasteiger partial charge < -0.3 is 10.6 Å². The Hall–Kier alpha value is -0.510. The summed E-state index contributed by atoms with van der Waals surface area (Å²) >= 11 is 17.8. The molecule has 0 unspecified atom stereocenters. The van der Waals surface area contributed by atoms with Crippen molar-refractivity contribution in [1.82, 2.24) is 5.32 Å². The number of benzene rings is 1. The van der Waals surface area contributed by atoms with Gasteiger partial charge >= 0.3 is 0 Å². The van der Waals surface area contributed by atoms with Gasteiger partial charge in [0.05, 0.1) is 15.7 Å². The number of rotatable bonds is 2. The molecule has 4 fully saturated rings. The van der Waals surface area contributed by atoms with Crippen LogP contribution in [0.4, 0.5) is 5.69 Å². The predicted molar refractivity (Wildman–Crippen MR) is 96.7 cm³/mol. The molecule has 4 bridgehead atoms. The van der Waals surface area contributed by atoms with E-state index in [-0.39, 0.29) is 0 Å². The highest BCUT2D eigenvalue weighted by Gasteiger charge is 2.48. The first-order valence-corrected chi connectivity index (χ1v) is 9.28. The van der Waals surface area contributed by atoms with E-state index in [0.717, 1.165) is 29.4 Å². The first-order chi connectivity index (χ1) is 10.6. The van der Waals surface area contributed by atoms with Gasteiger partial charge in [-0.05, 0) is 80.1 Å². The lowest BCUT2D eigenvalue weighted by molar-refractivity contribution is -0.00665. The molecule has 0 saturated heterocycles. The quantitative estimate of drug-likeness (QED) is 0.722. The van der Waals surface area contributed by atoms with E-state index in [1.807, 2.05) is 12.1 Å². The van der Waals surface area contributed by atoms with E-state index in [9.17, 15) is 0 Å². The summed E-state index contributed by atoms with van der Waals surface area (Å²) in [6.45, 7) is 0. The largest absolute Gasteiger partial charge is 0.359 e. The molecule has 0 aromatic heterocycles. The van der Waals surface area contributed by atoms with Crippen LogP contribution in [0, 0.1) is 23.7 Å². The lowest BCUT2D eigenvalue weighted by atomic mass is 9.54. The molecule has 4 aliphatic carbocycles. The third kappa shape index (κ3) is 2.72. The van der Waals surface area contributed by atoms with Gasteiger partial charge in [0.1, 0.15) is 0 Å². The van der Waals surface area contributed by atoms with Crippen molar-refractivity contribution in [2.45, 2.75) is 38.1 Å². The van der Waals surface area contributed by atoms with Crippen LogP contribution >= 0.6 is 35.4 Å². The van der Waals surface area contributed by atoms with E-state index in [1.165, 1.54) is 32.1 Å². The van der Waals surface area contributed by atoms with Crippen LogP contribution in [0.1, 0.15) is 32.1 Å². The lowest BCUT2D eigenvalue weighted by Crippen LogP contribution is -2.56.